The molecule has 1 aliphatic rings. The van der Waals surface area contributed by atoms with Gasteiger partial charge in [-0.05, 0) is 37.7 Å². The van der Waals surface area contributed by atoms with Gasteiger partial charge >= 0.3 is 0 Å². The highest BCUT2D eigenvalue weighted by Gasteiger charge is 2.19. The molecular formula is C14H25N3. The van der Waals surface area contributed by atoms with E-state index in [1.807, 2.05) is 17.9 Å². The minimum absolute atomic E-state index is 0.756. The third-order valence-electron chi connectivity index (χ3n) is 4.16. The van der Waals surface area contributed by atoms with Crippen LogP contribution in [0.25, 0.3) is 0 Å². The van der Waals surface area contributed by atoms with E-state index >= 15 is 0 Å². The number of aryl methyl sites for hydroxylation is 1. The molecule has 0 aromatic carbocycles. The predicted molar refractivity (Wildman–Crippen MR) is 71.0 cm³/mol. The normalized spacial score (nSPS) is 25.1. The van der Waals surface area contributed by atoms with Crippen LogP contribution >= 0.6 is 0 Å². The second kappa shape index (κ2) is 6.20. The standard InChI is InChI=1S/C14H25N3/c1-3-12-4-6-13(7-5-12)15-10-8-14-9-11-16-17(14)2/h9,11-13,15H,3-8,10H2,1-2H3. The van der Waals surface area contributed by atoms with Gasteiger partial charge in [-0.1, -0.05) is 13.3 Å². The second-order valence-corrected chi connectivity index (χ2v) is 5.28. The van der Waals surface area contributed by atoms with Gasteiger partial charge in [-0.3, -0.25) is 4.68 Å². The van der Waals surface area contributed by atoms with Gasteiger partial charge in [-0.15, -0.1) is 0 Å². The molecule has 96 valence electrons. The zero-order valence-corrected chi connectivity index (χ0v) is 11.2. The van der Waals surface area contributed by atoms with E-state index in [1.165, 1.54) is 37.8 Å². The van der Waals surface area contributed by atoms with Crippen molar-refractivity contribution < 1.29 is 0 Å². The lowest BCUT2D eigenvalue weighted by Crippen LogP contribution is -2.34. The molecule has 1 heterocycles. The van der Waals surface area contributed by atoms with Crippen molar-refractivity contribution in [2.75, 3.05) is 6.54 Å². The van der Waals surface area contributed by atoms with Crippen LogP contribution in [0, 0.1) is 5.92 Å². The second-order valence-electron chi connectivity index (χ2n) is 5.28. The molecule has 0 bridgehead atoms. The van der Waals surface area contributed by atoms with Crippen LogP contribution in [0.2, 0.25) is 0 Å². The fourth-order valence-corrected chi connectivity index (χ4v) is 2.83. The number of nitrogens with one attached hydrogen (secondary N) is 1. The Morgan fingerprint density at radius 2 is 2.12 bits per heavy atom. The number of aromatic nitrogens is 2. The Morgan fingerprint density at radius 3 is 2.71 bits per heavy atom. The Kier molecular flexibility index (Phi) is 4.60. The van der Waals surface area contributed by atoms with Crippen molar-refractivity contribution in [1.29, 1.82) is 0 Å². The van der Waals surface area contributed by atoms with Crippen LogP contribution in [0.4, 0.5) is 0 Å². The van der Waals surface area contributed by atoms with E-state index in [4.69, 9.17) is 0 Å². The summed E-state index contributed by atoms with van der Waals surface area (Å²) in [6.45, 7) is 3.40. The predicted octanol–water partition coefficient (Wildman–Crippen LogP) is 2.52. The first-order valence-electron chi connectivity index (χ1n) is 7.00. The van der Waals surface area contributed by atoms with Crippen LogP contribution < -0.4 is 5.32 Å². The lowest BCUT2D eigenvalue weighted by Gasteiger charge is -2.28. The molecule has 3 nitrogen and oxygen atoms in total. The van der Waals surface area contributed by atoms with Crippen molar-refractivity contribution in [3.63, 3.8) is 0 Å². The van der Waals surface area contributed by atoms with E-state index in [0.29, 0.717) is 0 Å². The van der Waals surface area contributed by atoms with Gasteiger partial charge in [0.1, 0.15) is 0 Å². The quantitative estimate of drug-likeness (QED) is 0.850. The largest absolute Gasteiger partial charge is 0.314 e. The van der Waals surface area contributed by atoms with E-state index in [0.717, 1.165) is 24.9 Å². The zero-order chi connectivity index (χ0) is 12.1. The molecule has 2 rings (SSSR count). The minimum Gasteiger partial charge on any atom is -0.314 e. The van der Waals surface area contributed by atoms with Crippen LogP contribution in [0.5, 0.6) is 0 Å². The van der Waals surface area contributed by atoms with E-state index in [9.17, 15) is 0 Å². The molecule has 0 unspecified atom stereocenters. The van der Waals surface area contributed by atoms with Gasteiger partial charge in [0.05, 0.1) is 0 Å². The molecule has 1 N–H and O–H groups in total. The maximum Gasteiger partial charge on any atom is 0.0492 e. The summed E-state index contributed by atoms with van der Waals surface area (Å²) in [5.74, 6) is 0.991. The van der Waals surface area contributed by atoms with E-state index in [2.05, 4.69) is 23.4 Å². The van der Waals surface area contributed by atoms with Crippen molar-refractivity contribution in [2.45, 2.75) is 51.5 Å². The molecule has 1 fully saturated rings. The summed E-state index contributed by atoms with van der Waals surface area (Å²) in [5.41, 5.74) is 1.32. The van der Waals surface area contributed by atoms with E-state index < -0.39 is 0 Å². The first kappa shape index (κ1) is 12.6. The van der Waals surface area contributed by atoms with Crippen molar-refractivity contribution in [2.24, 2.45) is 13.0 Å². The van der Waals surface area contributed by atoms with Crippen LogP contribution in [0.3, 0.4) is 0 Å². The Balaban J connectivity index is 1.65. The molecule has 3 heteroatoms. The maximum absolute atomic E-state index is 4.19. The van der Waals surface area contributed by atoms with Crippen LogP contribution in [0.1, 0.15) is 44.7 Å². The fourth-order valence-electron chi connectivity index (χ4n) is 2.83. The van der Waals surface area contributed by atoms with Crippen LogP contribution in [-0.2, 0) is 13.5 Å². The fraction of sp³-hybridized carbons (Fsp3) is 0.786. The van der Waals surface area contributed by atoms with Gasteiger partial charge in [-0.2, -0.15) is 5.10 Å². The summed E-state index contributed by atoms with van der Waals surface area (Å²) in [6.07, 6.45) is 9.89. The molecule has 0 radical (unpaired) electrons. The molecule has 0 atom stereocenters. The Labute approximate surface area is 105 Å². The third-order valence-corrected chi connectivity index (χ3v) is 4.16. The van der Waals surface area contributed by atoms with Crippen molar-refractivity contribution in [1.82, 2.24) is 15.1 Å². The minimum atomic E-state index is 0.756. The van der Waals surface area contributed by atoms with Crippen LogP contribution in [-0.4, -0.2) is 22.4 Å². The molecule has 17 heavy (non-hydrogen) atoms. The van der Waals surface area contributed by atoms with Gasteiger partial charge in [0.25, 0.3) is 0 Å². The molecule has 1 aromatic heterocycles. The SMILES string of the molecule is CCC1CCC(NCCc2ccnn2C)CC1. The molecular weight excluding hydrogens is 210 g/mol. The smallest absolute Gasteiger partial charge is 0.0492 e. The van der Waals surface area contributed by atoms with E-state index in [-0.39, 0.29) is 0 Å². The summed E-state index contributed by atoms with van der Waals surface area (Å²) in [6, 6.07) is 2.86. The molecule has 0 saturated heterocycles. The van der Waals surface area contributed by atoms with Crippen molar-refractivity contribution in [3.8, 4) is 0 Å². The summed E-state index contributed by atoms with van der Waals surface area (Å²) < 4.78 is 1.97. The van der Waals surface area contributed by atoms with Crippen LogP contribution in [0.15, 0.2) is 12.3 Å². The summed E-state index contributed by atoms with van der Waals surface area (Å²) >= 11 is 0. The average Bonchev–Trinajstić information content (AvgIpc) is 2.76. The Bertz CT molecular complexity index is 324. The third kappa shape index (κ3) is 3.56. The summed E-state index contributed by atoms with van der Waals surface area (Å²) in [4.78, 5) is 0. The Hall–Kier alpha value is -0.830. The summed E-state index contributed by atoms with van der Waals surface area (Å²) in [7, 11) is 2.02. The lowest BCUT2D eigenvalue weighted by atomic mass is 9.84. The number of nitrogens with zero attached hydrogens (tertiary/aromatic N) is 2. The van der Waals surface area contributed by atoms with Gasteiger partial charge in [0, 0.05) is 37.9 Å². The van der Waals surface area contributed by atoms with Gasteiger partial charge in [0.2, 0.25) is 0 Å². The summed E-state index contributed by atoms with van der Waals surface area (Å²) in [5, 5.41) is 7.88. The average molecular weight is 235 g/mol. The van der Waals surface area contributed by atoms with Gasteiger partial charge in [-0.25, -0.2) is 0 Å². The highest BCUT2D eigenvalue weighted by Crippen LogP contribution is 2.26. The first-order chi connectivity index (χ1) is 8.29. The van der Waals surface area contributed by atoms with Crippen molar-refractivity contribution >= 4 is 0 Å². The molecule has 1 aromatic rings. The number of hydrogen-bond acceptors (Lipinski definition) is 2. The molecule has 1 aliphatic carbocycles. The molecule has 0 aliphatic heterocycles. The molecule has 0 amide bonds. The topological polar surface area (TPSA) is 29.9 Å². The van der Waals surface area contributed by atoms with Gasteiger partial charge in [0.15, 0.2) is 0 Å². The highest BCUT2D eigenvalue weighted by molar-refractivity contribution is 5.00. The highest BCUT2D eigenvalue weighted by atomic mass is 15.3. The number of rotatable bonds is 5. The van der Waals surface area contributed by atoms with E-state index in [1.54, 1.807) is 0 Å². The monoisotopic (exact) mass is 235 g/mol. The number of hydrogen-bond donors (Lipinski definition) is 1. The lowest BCUT2D eigenvalue weighted by molar-refractivity contribution is 0.287. The van der Waals surface area contributed by atoms with Gasteiger partial charge < -0.3 is 5.32 Å². The Morgan fingerprint density at radius 1 is 1.35 bits per heavy atom. The molecule has 1 saturated carbocycles. The first-order valence-corrected chi connectivity index (χ1v) is 7.00. The zero-order valence-electron chi connectivity index (χ0n) is 11.2. The van der Waals surface area contributed by atoms with Crippen molar-refractivity contribution in [3.05, 3.63) is 18.0 Å². The molecule has 0 spiro atoms. The maximum atomic E-state index is 4.19.